The second-order valence-electron chi connectivity index (χ2n) is 10.1. The molecule has 0 saturated heterocycles. The highest BCUT2D eigenvalue weighted by Gasteiger charge is 2.18. The van der Waals surface area contributed by atoms with Crippen molar-refractivity contribution < 1.29 is 28.8 Å². The van der Waals surface area contributed by atoms with Crippen molar-refractivity contribution >= 4 is 53.9 Å². The highest BCUT2D eigenvalue weighted by Crippen LogP contribution is 2.45. The van der Waals surface area contributed by atoms with Gasteiger partial charge in [-0.1, -0.05) is 145 Å². The van der Waals surface area contributed by atoms with E-state index in [1.165, 1.54) is 0 Å². The summed E-state index contributed by atoms with van der Waals surface area (Å²) in [4.78, 5) is 0. The summed E-state index contributed by atoms with van der Waals surface area (Å²) < 4.78 is 189. The van der Waals surface area contributed by atoms with Crippen LogP contribution in [-0.4, -0.2) is 0 Å². The summed E-state index contributed by atoms with van der Waals surface area (Å²) in [5, 5.41) is -2.14. The fraction of sp³-hybridized carbons (Fsp3) is 0. The van der Waals surface area contributed by atoms with E-state index in [1.54, 1.807) is 36.4 Å². The molecule has 0 spiro atoms. The summed E-state index contributed by atoms with van der Waals surface area (Å²) >= 11 is 0. The van der Waals surface area contributed by atoms with Gasteiger partial charge in [-0.2, -0.15) is 0 Å². The van der Waals surface area contributed by atoms with Crippen LogP contribution in [0.4, 0.5) is 0 Å². The highest BCUT2D eigenvalue weighted by molar-refractivity contribution is 6.22. The van der Waals surface area contributed by atoms with Crippen LogP contribution in [0.3, 0.4) is 0 Å². The van der Waals surface area contributed by atoms with Crippen LogP contribution in [0, 0.1) is 0 Å². The first kappa shape index (κ1) is 11.8. The van der Waals surface area contributed by atoms with E-state index >= 15 is 0 Å². The fourth-order valence-corrected chi connectivity index (χ4v) is 5.54. The lowest BCUT2D eigenvalue weighted by Gasteiger charge is -2.19. The third kappa shape index (κ3) is 4.00. The van der Waals surface area contributed by atoms with Crippen molar-refractivity contribution in [2.45, 2.75) is 0 Å². The van der Waals surface area contributed by atoms with Crippen molar-refractivity contribution in [3.05, 3.63) is 169 Å². The molecule has 0 radical (unpaired) electrons. The van der Waals surface area contributed by atoms with E-state index in [-0.39, 0.29) is 21.9 Å². The molecule has 0 atom stereocenters. The maximum absolute atomic E-state index is 10.1. The second kappa shape index (κ2) is 9.93. The lowest BCUT2D eigenvalue weighted by Crippen LogP contribution is -1.92. The third-order valence-electron chi connectivity index (χ3n) is 7.54. The number of benzene rings is 9. The molecule has 9 aromatic rings. The summed E-state index contributed by atoms with van der Waals surface area (Å²) in [6.07, 6.45) is 0. The van der Waals surface area contributed by atoms with Gasteiger partial charge >= 0.3 is 0 Å². The standard InChI is InChI=1S/C44H28/c1-4-12-32-25-35(20-17-29(32)9-1)36-23-24-41-42(28-36)44(38-22-19-31-11-3-6-14-34(31)27-38)40-16-8-7-15-39(40)43(41)37-21-18-30-10-2-5-13-33(30)26-37/h1-28H/i1D,2D,4D,5D,7D,8D,9D,10D,12D,13D,15D,16D,17D,18D,20D,21D,23D,24D,25D,26D,28D. The summed E-state index contributed by atoms with van der Waals surface area (Å²) in [5.41, 5.74) is -2.28. The molecule has 0 bridgehead atoms. The predicted molar refractivity (Wildman–Crippen MR) is 190 cm³/mol. The summed E-state index contributed by atoms with van der Waals surface area (Å²) in [6.45, 7) is 0. The van der Waals surface area contributed by atoms with Gasteiger partial charge in [0.25, 0.3) is 0 Å². The van der Waals surface area contributed by atoms with Crippen molar-refractivity contribution in [2.75, 3.05) is 0 Å². The predicted octanol–water partition coefficient (Wildman–Crippen LogP) is 12.5. The number of rotatable bonds is 3. The van der Waals surface area contributed by atoms with Crippen molar-refractivity contribution in [3.63, 3.8) is 0 Å². The number of fused-ring (bicyclic) bond motifs is 5. The minimum Gasteiger partial charge on any atom is -0.0616 e. The van der Waals surface area contributed by atoms with Gasteiger partial charge in [-0.25, -0.2) is 0 Å². The Bertz CT molecular complexity index is 3730. The largest absolute Gasteiger partial charge is 0.0636 e. The van der Waals surface area contributed by atoms with Crippen molar-refractivity contribution in [1.29, 1.82) is 0 Å². The van der Waals surface area contributed by atoms with Crippen LogP contribution >= 0.6 is 0 Å². The molecule has 0 amide bonds. The van der Waals surface area contributed by atoms with Gasteiger partial charge in [0, 0.05) is 0 Å². The normalized spacial score (nSPS) is 18.3. The molecule has 0 heteroatoms. The van der Waals surface area contributed by atoms with Crippen LogP contribution in [0.5, 0.6) is 0 Å². The van der Waals surface area contributed by atoms with E-state index in [4.69, 9.17) is 17.8 Å². The molecule has 0 aliphatic carbocycles. The molecule has 0 unspecified atom stereocenters. The van der Waals surface area contributed by atoms with Crippen LogP contribution in [0.15, 0.2) is 169 Å². The molecule has 0 saturated carbocycles. The highest BCUT2D eigenvalue weighted by atomic mass is 14.2. The van der Waals surface area contributed by atoms with Crippen LogP contribution in [0.1, 0.15) is 28.8 Å². The fourth-order valence-electron chi connectivity index (χ4n) is 5.54. The van der Waals surface area contributed by atoms with Gasteiger partial charge < -0.3 is 0 Å². The van der Waals surface area contributed by atoms with E-state index in [0.717, 1.165) is 5.39 Å². The number of hydrogen-bond donors (Lipinski definition) is 0. The van der Waals surface area contributed by atoms with Gasteiger partial charge in [0.2, 0.25) is 0 Å². The molecule has 0 N–H and O–H groups in total. The summed E-state index contributed by atoms with van der Waals surface area (Å²) in [6, 6.07) is -4.08. The lowest BCUT2D eigenvalue weighted by molar-refractivity contribution is 1.66. The van der Waals surface area contributed by atoms with E-state index in [1.807, 2.05) is 6.07 Å². The van der Waals surface area contributed by atoms with Crippen LogP contribution in [0.2, 0.25) is 0 Å². The monoisotopic (exact) mass is 577 g/mol. The van der Waals surface area contributed by atoms with Crippen molar-refractivity contribution in [1.82, 2.24) is 0 Å². The summed E-state index contributed by atoms with van der Waals surface area (Å²) in [7, 11) is 0. The molecule has 44 heavy (non-hydrogen) atoms. The van der Waals surface area contributed by atoms with Crippen LogP contribution < -0.4 is 0 Å². The van der Waals surface area contributed by atoms with Gasteiger partial charge in [-0.15, -0.1) is 0 Å². The van der Waals surface area contributed by atoms with Gasteiger partial charge in [0.15, 0.2) is 0 Å². The Kier molecular flexibility index (Phi) is 2.65. The number of hydrogen-bond acceptors (Lipinski definition) is 0. The zero-order valence-corrected chi connectivity index (χ0v) is 22.5. The van der Waals surface area contributed by atoms with Crippen LogP contribution in [-0.2, 0) is 0 Å². The smallest absolute Gasteiger partial charge is 0.0616 e. The molecule has 9 rings (SSSR count). The van der Waals surface area contributed by atoms with Crippen molar-refractivity contribution in [2.24, 2.45) is 0 Å². The molecule has 9 aromatic carbocycles. The van der Waals surface area contributed by atoms with Gasteiger partial charge in [-0.3, -0.25) is 0 Å². The molecule has 0 fully saturated rings. The molecular formula is C44H28. The first-order chi connectivity index (χ1) is 30.6. The maximum atomic E-state index is 10.1. The topological polar surface area (TPSA) is 0 Å². The molecule has 204 valence electrons. The van der Waals surface area contributed by atoms with Crippen molar-refractivity contribution in [3.8, 4) is 33.4 Å². The molecule has 0 heterocycles. The zero-order valence-electron chi connectivity index (χ0n) is 43.5. The first-order valence-corrected chi connectivity index (χ1v) is 13.6. The Hall–Kier alpha value is -5.72. The van der Waals surface area contributed by atoms with Crippen LogP contribution in [0.25, 0.3) is 87.2 Å². The minimum absolute atomic E-state index is 0.116. The Morgan fingerprint density at radius 1 is 0.318 bits per heavy atom. The first-order valence-electron chi connectivity index (χ1n) is 24.1. The molecule has 0 nitrogen and oxygen atoms in total. The van der Waals surface area contributed by atoms with Gasteiger partial charge in [0.1, 0.15) is 0 Å². The van der Waals surface area contributed by atoms with Gasteiger partial charge in [0.05, 0.1) is 28.8 Å². The maximum Gasteiger partial charge on any atom is 0.0636 e. The Morgan fingerprint density at radius 3 is 1.57 bits per heavy atom. The third-order valence-corrected chi connectivity index (χ3v) is 7.54. The average molecular weight is 578 g/mol. The van der Waals surface area contributed by atoms with E-state index in [2.05, 4.69) is 0 Å². The summed E-state index contributed by atoms with van der Waals surface area (Å²) in [5.74, 6) is 0. The van der Waals surface area contributed by atoms with E-state index < -0.39 is 181 Å². The Labute approximate surface area is 286 Å². The molecule has 0 aliphatic heterocycles. The molecule has 0 aromatic heterocycles. The van der Waals surface area contributed by atoms with E-state index in [0.29, 0.717) is 5.39 Å². The second-order valence-corrected chi connectivity index (χ2v) is 10.1. The quantitative estimate of drug-likeness (QED) is 0.183. The Balaban J connectivity index is 1.63. The SMILES string of the molecule is [2H]c1c([2H])c([2H])c2c([2H])c(-c3c([2H])c([2H])c4c(-c5c([2H])c([2H])c6c([2H])c([2H])c([2H])c([2H])c6c5[2H])c5c([2H])c([2H])c([2H])c([2H])c5c(-c5ccc6ccccc6c5)c4c3[2H])c([2H])c([2H])c2c1[2H]. The van der Waals surface area contributed by atoms with E-state index in [9.17, 15) is 11.0 Å². The lowest BCUT2D eigenvalue weighted by atomic mass is 9.84. The molecule has 0 aliphatic rings. The Morgan fingerprint density at radius 2 is 0.841 bits per heavy atom. The molecular weight excluding hydrogens is 528 g/mol. The average Bonchev–Trinajstić information content (AvgIpc) is 3.29. The minimum atomic E-state index is -0.887. The van der Waals surface area contributed by atoms with Gasteiger partial charge in [-0.05, 0) is 111 Å². The zero-order chi connectivity index (χ0) is 47.3.